The van der Waals surface area contributed by atoms with Crippen molar-refractivity contribution in [3.05, 3.63) is 29.3 Å². The van der Waals surface area contributed by atoms with Crippen LogP contribution in [0.25, 0.3) is 0 Å². The molecule has 5 heteroatoms. The summed E-state index contributed by atoms with van der Waals surface area (Å²) in [5, 5.41) is 7.57. The summed E-state index contributed by atoms with van der Waals surface area (Å²) in [5.41, 5.74) is 7.34. The van der Waals surface area contributed by atoms with Crippen LogP contribution in [0, 0.1) is 11.3 Å². The van der Waals surface area contributed by atoms with Gasteiger partial charge in [0.05, 0.1) is 13.7 Å². The first kappa shape index (κ1) is 17.5. The summed E-state index contributed by atoms with van der Waals surface area (Å²) in [6, 6.07) is 5.61. The van der Waals surface area contributed by atoms with Crippen LogP contribution in [0.1, 0.15) is 25.0 Å². The highest BCUT2D eigenvalue weighted by Gasteiger charge is 2.12. The van der Waals surface area contributed by atoms with E-state index in [0.717, 1.165) is 36.5 Å². The lowest BCUT2D eigenvalue weighted by molar-refractivity contribution is 0.135. The standard InChI is InChI=1S/C16H27N3O2/c1-12(2)10-19(7-8-20-3)11-14-9-13(16(17)18)5-6-15(14)21-4/h5-6,9,12H,7-8,10-11H2,1-4H3,(H3,17,18). The second-order valence-electron chi connectivity index (χ2n) is 5.56. The molecule has 1 rings (SSSR count). The number of nitrogens with two attached hydrogens (primary N) is 1. The topological polar surface area (TPSA) is 71.6 Å². The molecular weight excluding hydrogens is 266 g/mol. The molecule has 0 aliphatic carbocycles. The number of nitrogen functional groups attached to an aromatic ring is 1. The first-order valence-corrected chi connectivity index (χ1v) is 7.20. The van der Waals surface area contributed by atoms with Crippen molar-refractivity contribution in [2.75, 3.05) is 33.9 Å². The van der Waals surface area contributed by atoms with Gasteiger partial charge >= 0.3 is 0 Å². The number of methoxy groups -OCH3 is 2. The van der Waals surface area contributed by atoms with Gasteiger partial charge in [-0.3, -0.25) is 10.3 Å². The Balaban J connectivity index is 2.93. The second kappa shape index (κ2) is 8.64. The summed E-state index contributed by atoms with van der Waals surface area (Å²) >= 11 is 0. The Hall–Kier alpha value is -1.59. The van der Waals surface area contributed by atoms with Crippen LogP contribution in [-0.4, -0.2) is 44.7 Å². The van der Waals surface area contributed by atoms with Crippen LogP contribution in [0.3, 0.4) is 0 Å². The Morgan fingerprint density at radius 1 is 1.33 bits per heavy atom. The van der Waals surface area contributed by atoms with Gasteiger partial charge in [0.1, 0.15) is 11.6 Å². The monoisotopic (exact) mass is 293 g/mol. The van der Waals surface area contributed by atoms with Gasteiger partial charge in [0, 0.05) is 37.9 Å². The van der Waals surface area contributed by atoms with E-state index < -0.39 is 0 Å². The first-order chi connectivity index (χ1) is 9.97. The number of ether oxygens (including phenoxy) is 2. The minimum Gasteiger partial charge on any atom is -0.496 e. The summed E-state index contributed by atoms with van der Waals surface area (Å²) in [5.74, 6) is 1.47. The van der Waals surface area contributed by atoms with Gasteiger partial charge in [-0.25, -0.2) is 0 Å². The fourth-order valence-electron chi connectivity index (χ4n) is 2.28. The molecule has 0 spiro atoms. The highest BCUT2D eigenvalue weighted by Crippen LogP contribution is 2.22. The Morgan fingerprint density at radius 3 is 2.57 bits per heavy atom. The molecule has 0 unspecified atom stereocenters. The van der Waals surface area contributed by atoms with E-state index in [0.29, 0.717) is 12.5 Å². The number of nitrogens with one attached hydrogen (secondary N) is 1. The van der Waals surface area contributed by atoms with E-state index in [9.17, 15) is 0 Å². The first-order valence-electron chi connectivity index (χ1n) is 7.20. The van der Waals surface area contributed by atoms with Crippen molar-refractivity contribution in [3.63, 3.8) is 0 Å². The van der Waals surface area contributed by atoms with Crippen LogP contribution in [0.15, 0.2) is 18.2 Å². The summed E-state index contributed by atoms with van der Waals surface area (Å²) in [7, 11) is 3.37. The molecule has 0 saturated heterocycles. The predicted molar refractivity (Wildman–Crippen MR) is 86.0 cm³/mol. The van der Waals surface area contributed by atoms with E-state index in [1.54, 1.807) is 14.2 Å². The predicted octanol–water partition coefficient (Wildman–Crippen LogP) is 2.08. The van der Waals surface area contributed by atoms with E-state index in [4.69, 9.17) is 20.6 Å². The normalized spacial score (nSPS) is 11.1. The molecule has 0 radical (unpaired) electrons. The van der Waals surface area contributed by atoms with E-state index in [2.05, 4.69) is 18.7 Å². The summed E-state index contributed by atoms with van der Waals surface area (Å²) in [6.45, 7) is 7.69. The van der Waals surface area contributed by atoms with Crippen molar-refractivity contribution in [1.82, 2.24) is 4.90 Å². The Kier molecular flexibility index (Phi) is 7.19. The van der Waals surface area contributed by atoms with Gasteiger partial charge in [0.15, 0.2) is 0 Å². The average Bonchev–Trinajstić information content (AvgIpc) is 2.44. The van der Waals surface area contributed by atoms with E-state index >= 15 is 0 Å². The third-order valence-corrected chi connectivity index (χ3v) is 3.22. The zero-order valence-corrected chi connectivity index (χ0v) is 13.5. The van der Waals surface area contributed by atoms with E-state index in [1.807, 2.05) is 18.2 Å². The molecule has 1 aromatic rings. The Morgan fingerprint density at radius 2 is 2.05 bits per heavy atom. The molecule has 0 aliphatic rings. The molecule has 0 aliphatic heterocycles. The smallest absolute Gasteiger partial charge is 0.123 e. The van der Waals surface area contributed by atoms with Crippen molar-refractivity contribution in [1.29, 1.82) is 5.41 Å². The van der Waals surface area contributed by atoms with Crippen LogP contribution >= 0.6 is 0 Å². The molecule has 0 fully saturated rings. The van der Waals surface area contributed by atoms with Gasteiger partial charge < -0.3 is 15.2 Å². The number of rotatable bonds is 9. The largest absolute Gasteiger partial charge is 0.496 e. The van der Waals surface area contributed by atoms with Crippen molar-refractivity contribution in [2.24, 2.45) is 11.7 Å². The lowest BCUT2D eigenvalue weighted by atomic mass is 10.1. The molecule has 5 nitrogen and oxygen atoms in total. The van der Waals surface area contributed by atoms with E-state index in [1.165, 1.54) is 0 Å². The zero-order chi connectivity index (χ0) is 15.8. The van der Waals surface area contributed by atoms with E-state index in [-0.39, 0.29) is 5.84 Å². The molecule has 21 heavy (non-hydrogen) atoms. The van der Waals surface area contributed by atoms with Gasteiger partial charge in [-0.1, -0.05) is 13.8 Å². The van der Waals surface area contributed by atoms with Gasteiger partial charge in [-0.05, 0) is 24.1 Å². The Labute approximate surface area is 127 Å². The van der Waals surface area contributed by atoms with Crippen LogP contribution in [-0.2, 0) is 11.3 Å². The van der Waals surface area contributed by atoms with Gasteiger partial charge in [-0.15, -0.1) is 0 Å². The number of hydrogen-bond donors (Lipinski definition) is 2. The molecule has 0 amide bonds. The molecule has 3 N–H and O–H groups in total. The quantitative estimate of drug-likeness (QED) is 0.540. The molecule has 0 bridgehead atoms. The second-order valence-corrected chi connectivity index (χ2v) is 5.56. The van der Waals surface area contributed by atoms with Gasteiger partial charge in [0.25, 0.3) is 0 Å². The zero-order valence-electron chi connectivity index (χ0n) is 13.5. The van der Waals surface area contributed by atoms with Crippen molar-refractivity contribution >= 4 is 5.84 Å². The fraction of sp³-hybridized carbons (Fsp3) is 0.562. The number of hydrogen-bond acceptors (Lipinski definition) is 4. The SMILES string of the molecule is COCCN(Cc1cc(C(=N)N)ccc1OC)CC(C)C. The maximum atomic E-state index is 7.57. The van der Waals surface area contributed by atoms with Gasteiger partial charge in [-0.2, -0.15) is 0 Å². The van der Waals surface area contributed by atoms with Crippen molar-refractivity contribution in [3.8, 4) is 5.75 Å². The maximum absolute atomic E-state index is 7.57. The van der Waals surface area contributed by atoms with Crippen LogP contribution in [0.4, 0.5) is 0 Å². The van der Waals surface area contributed by atoms with Gasteiger partial charge in [0.2, 0.25) is 0 Å². The third-order valence-electron chi connectivity index (χ3n) is 3.22. The van der Waals surface area contributed by atoms with Crippen LogP contribution < -0.4 is 10.5 Å². The lowest BCUT2D eigenvalue weighted by Crippen LogP contribution is -2.31. The molecule has 0 atom stereocenters. The minimum absolute atomic E-state index is 0.0752. The molecule has 0 aromatic heterocycles. The molecule has 0 saturated carbocycles. The number of amidine groups is 1. The number of nitrogens with zero attached hydrogens (tertiary/aromatic N) is 1. The summed E-state index contributed by atoms with van der Waals surface area (Å²) in [4.78, 5) is 2.33. The minimum atomic E-state index is 0.0752. The third kappa shape index (κ3) is 5.73. The summed E-state index contributed by atoms with van der Waals surface area (Å²) < 4.78 is 10.6. The Bertz CT molecular complexity index is 461. The average molecular weight is 293 g/mol. The molecule has 0 heterocycles. The summed E-state index contributed by atoms with van der Waals surface area (Å²) in [6.07, 6.45) is 0. The van der Waals surface area contributed by atoms with Crippen molar-refractivity contribution in [2.45, 2.75) is 20.4 Å². The molecular formula is C16H27N3O2. The molecule has 118 valence electrons. The van der Waals surface area contributed by atoms with Crippen molar-refractivity contribution < 1.29 is 9.47 Å². The highest BCUT2D eigenvalue weighted by molar-refractivity contribution is 5.95. The van der Waals surface area contributed by atoms with Crippen LogP contribution in [0.2, 0.25) is 0 Å². The number of benzene rings is 1. The maximum Gasteiger partial charge on any atom is 0.123 e. The lowest BCUT2D eigenvalue weighted by Gasteiger charge is -2.25. The van der Waals surface area contributed by atoms with Crippen LogP contribution in [0.5, 0.6) is 5.75 Å². The highest BCUT2D eigenvalue weighted by atomic mass is 16.5. The fourth-order valence-corrected chi connectivity index (χ4v) is 2.28. The molecule has 1 aromatic carbocycles.